The van der Waals surface area contributed by atoms with Crippen LogP contribution in [0, 0.1) is 5.82 Å². The zero-order valence-electron chi connectivity index (χ0n) is 10.4. The lowest BCUT2D eigenvalue weighted by molar-refractivity contribution is -0.117. The van der Waals surface area contributed by atoms with E-state index in [9.17, 15) is 9.18 Å². The van der Waals surface area contributed by atoms with Crippen LogP contribution in [0.25, 0.3) is 6.08 Å². The molecule has 1 amide bonds. The van der Waals surface area contributed by atoms with Gasteiger partial charge in [-0.25, -0.2) is 4.39 Å². The summed E-state index contributed by atoms with van der Waals surface area (Å²) in [5, 5.41) is 9.26. The molecule has 0 saturated heterocycles. The first-order valence-electron chi connectivity index (χ1n) is 5.88. The topological polar surface area (TPSA) is 57.8 Å². The molecule has 0 aliphatic rings. The van der Waals surface area contributed by atoms with Crippen LogP contribution in [0.5, 0.6) is 0 Å². The SMILES string of the molecule is CC(NC(=O)/C=C/c1ccccc1F)c1cn[nH]c1. The van der Waals surface area contributed by atoms with Crippen molar-refractivity contribution in [1.29, 1.82) is 0 Å². The van der Waals surface area contributed by atoms with Gasteiger partial charge in [0, 0.05) is 23.4 Å². The Bertz CT molecular complexity index is 578. The van der Waals surface area contributed by atoms with Crippen molar-refractivity contribution in [3.8, 4) is 0 Å². The number of hydrogen-bond donors (Lipinski definition) is 2. The molecule has 98 valence electrons. The number of nitrogens with zero attached hydrogens (tertiary/aromatic N) is 1. The molecule has 0 spiro atoms. The van der Waals surface area contributed by atoms with Crippen LogP contribution in [-0.2, 0) is 4.79 Å². The Morgan fingerprint density at radius 1 is 1.47 bits per heavy atom. The molecule has 2 N–H and O–H groups in total. The highest BCUT2D eigenvalue weighted by Crippen LogP contribution is 2.10. The number of hydrogen-bond acceptors (Lipinski definition) is 2. The monoisotopic (exact) mass is 259 g/mol. The fourth-order valence-corrected chi connectivity index (χ4v) is 1.62. The summed E-state index contributed by atoms with van der Waals surface area (Å²) in [6.07, 6.45) is 6.12. The van der Waals surface area contributed by atoms with Gasteiger partial charge in [-0.3, -0.25) is 9.89 Å². The van der Waals surface area contributed by atoms with Crippen LogP contribution in [0.3, 0.4) is 0 Å². The Hall–Kier alpha value is -2.43. The van der Waals surface area contributed by atoms with Crippen LogP contribution in [0.1, 0.15) is 24.1 Å². The Morgan fingerprint density at radius 3 is 2.95 bits per heavy atom. The Balaban J connectivity index is 1.96. The second kappa shape index (κ2) is 5.95. The van der Waals surface area contributed by atoms with Gasteiger partial charge in [-0.15, -0.1) is 0 Å². The van der Waals surface area contributed by atoms with Gasteiger partial charge in [-0.2, -0.15) is 5.10 Å². The van der Waals surface area contributed by atoms with E-state index in [1.807, 2.05) is 6.92 Å². The fraction of sp³-hybridized carbons (Fsp3) is 0.143. The van der Waals surface area contributed by atoms with E-state index < -0.39 is 0 Å². The lowest BCUT2D eigenvalue weighted by Crippen LogP contribution is -2.24. The first-order chi connectivity index (χ1) is 9.16. The number of nitrogens with one attached hydrogen (secondary N) is 2. The predicted molar refractivity (Wildman–Crippen MR) is 70.6 cm³/mol. The number of halogens is 1. The standard InChI is InChI=1S/C14H14FN3O/c1-10(12-8-16-17-9-12)18-14(19)7-6-11-4-2-3-5-13(11)15/h2-10H,1H3,(H,16,17)(H,18,19)/b7-6+. The molecular weight excluding hydrogens is 245 g/mol. The summed E-state index contributed by atoms with van der Waals surface area (Å²) < 4.78 is 13.3. The zero-order chi connectivity index (χ0) is 13.7. The molecule has 0 aliphatic heterocycles. The Morgan fingerprint density at radius 2 is 2.26 bits per heavy atom. The van der Waals surface area contributed by atoms with E-state index >= 15 is 0 Å². The molecule has 4 nitrogen and oxygen atoms in total. The highest BCUT2D eigenvalue weighted by atomic mass is 19.1. The van der Waals surface area contributed by atoms with Gasteiger partial charge in [0.25, 0.3) is 0 Å². The van der Waals surface area contributed by atoms with Crippen LogP contribution >= 0.6 is 0 Å². The molecular formula is C14H14FN3O. The number of carbonyl (C=O) groups excluding carboxylic acids is 1. The van der Waals surface area contributed by atoms with Gasteiger partial charge < -0.3 is 5.32 Å². The minimum absolute atomic E-state index is 0.156. The molecule has 1 unspecified atom stereocenters. The van der Waals surface area contributed by atoms with Gasteiger partial charge in [-0.1, -0.05) is 18.2 Å². The van der Waals surface area contributed by atoms with Gasteiger partial charge in [0.1, 0.15) is 5.82 Å². The van der Waals surface area contributed by atoms with E-state index in [0.717, 1.165) is 5.56 Å². The average Bonchev–Trinajstić information content (AvgIpc) is 2.91. The second-order valence-corrected chi connectivity index (χ2v) is 4.12. The molecule has 19 heavy (non-hydrogen) atoms. The smallest absolute Gasteiger partial charge is 0.244 e. The van der Waals surface area contributed by atoms with Crippen molar-refractivity contribution in [2.24, 2.45) is 0 Å². The van der Waals surface area contributed by atoms with Crippen molar-refractivity contribution in [3.63, 3.8) is 0 Å². The van der Waals surface area contributed by atoms with E-state index in [-0.39, 0.29) is 17.8 Å². The Labute approximate surface area is 110 Å². The van der Waals surface area contributed by atoms with Crippen molar-refractivity contribution < 1.29 is 9.18 Å². The van der Waals surface area contributed by atoms with Crippen molar-refractivity contribution in [2.45, 2.75) is 13.0 Å². The van der Waals surface area contributed by atoms with Crippen molar-refractivity contribution in [3.05, 3.63) is 59.7 Å². The normalized spacial score (nSPS) is 12.5. The highest BCUT2D eigenvalue weighted by Gasteiger charge is 2.08. The number of benzene rings is 1. The molecule has 1 atom stereocenters. The Kier molecular flexibility index (Phi) is 4.07. The summed E-state index contributed by atoms with van der Waals surface area (Å²) in [4.78, 5) is 11.7. The highest BCUT2D eigenvalue weighted by molar-refractivity contribution is 5.91. The first-order valence-corrected chi connectivity index (χ1v) is 5.88. The van der Waals surface area contributed by atoms with Crippen molar-refractivity contribution in [1.82, 2.24) is 15.5 Å². The molecule has 0 bridgehead atoms. The molecule has 1 aromatic carbocycles. The number of aromatic nitrogens is 2. The number of carbonyl (C=O) groups is 1. The van der Waals surface area contributed by atoms with Crippen molar-refractivity contribution >= 4 is 12.0 Å². The molecule has 1 aromatic heterocycles. The van der Waals surface area contributed by atoms with Gasteiger partial charge >= 0.3 is 0 Å². The molecule has 2 aromatic rings. The summed E-state index contributed by atoms with van der Waals surface area (Å²) in [5.74, 6) is -0.633. The van der Waals surface area contributed by atoms with Gasteiger partial charge in [0.15, 0.2) is 0 Å². The van der Waals surface area contributed by atoms with Gasteiger partial charge in [0.2, 0.25) is 5.91 Å². The van der Waals surface area contributed by atoms with E-state index in [2.05, 4.69) is 15.5 Å². The minimum Gasteiger partial charge on any atom is -0.346 e. The summed E-state index contributed by atoms with van der Waals surface area (Å²) in [6, 6.07) is 6.13. The second-order valence-electron chi connectivity index (χ2n) is 4.12. The molecule has 0 saturated carbocycles. The number of amides is 1. The summed E-state index contributed by atoms with van der Waals surface area (Å²) >= 11 is 0. The minimum atomic E-state index is -0.352. The maximum absolute atomic E-state index is 13.3. The van der Waals surface area contributed by atoms with E-state index in [1.54, 1.807) is 30.6 Å². The summed E-state index contributed by atoms with van der Waals surface area (Å²) in [6.45, 7) is 1.85. The summed E-state index contributed by atoms with van der Waals surface area (Å²) in [5.41, 5.74) is 1.27. The van der Waals surface area contributed by atoms with Crippen LogP contribution in [0.2, 0.25) is 0 Å². The molecule has 0 fully saturated rings. The first kappa shape index (κ1) is 13.0. The number of rotatable bonds is 4. The molecule has 1 heterocycles. The van der Waals surface area contributed by atoms with Crippen LogP contribution in [0.4, 0.5) is 4.39 Å². The van der Waals surface area contributed by atoms with Crippen LogP contribution in [-0.4, -0.2) is 16.1 Å². The van der Waals surface area contributed by atoms with Crippen LogP contribution < -0.4 is 5.32 Å². The third-order valence-corrected chi connectivity index (χ3v) is 2.70. The lowest BCUT2D eigenvalue weighted by atomic mass is 10.2. The molecule has 0 radical (unpaired) electrons. The van der Waals surface area contributed by atoms with Gasteiger partial charge in [-0.05, 0) is 19.1 Å². The fourth-order valence-electron chi connectivity index (χ4n) is 1.62. The maximum Gasteiger partial charge on any atom is 0.244 e. The quantitative estimate of drug-likeness (QED) is 0.828. The third-order valence-electron chi connectivity index (χ3n) is 2.70. The molecule has 2 rings (SSSR count). The average molecular weight is 259 g/mol. The van der Waals surface area contributed by atoms with E-state index in [0.29, 0.717) is 5.56 Å². The summed E-state index contributed by atoms with van der Waals surface area (Å²) in [7, 11) is 0. The molecule has 0 aliphatic carbocycles. The van der Waals surface area contributed by atoms with E-state index in [1.165, 1.54) is 18.2 Å². The maximum atomic E-state index is 13.3. The predicted octanol–water partition coefficient (Wildman–Crippen LogP) is 2.44. The van der Waals surface area contributed by atoms with E-state index in [4.69, 9.17) is 0 Å². The zero-order valence-corrected chi connectivity index (χ0v) is 10.4. The van der Waals surface area contributed by atoms with Gasteiger partial charge in [0.05, 0.1) is 12.2 Å². The number of aromatic amines is 1. The van der Waals surface area contributed by atoms with Crippen LogP contribution in [0.15, 0.2) is 42.7 Å². The van der Waals surface area contributed by atoms with Crippen molar-refractivity contribution in [2.75, 3.05) is 0 Å². The third kappa shape index (κ3) is 3.51. The number of H-pyrrole nitrogens is 1. The largest absolute Gasteiger partial charge is 0.346 e. The lowest BCUT2D eigenvalue weighted by Gasteiger charge is -2.09. The molecule has 5 heteroatoms.